The molecule has 0 fully saturated rings. The second kappa shape index (κ2) is 4.13. The van der Waals surface area contributed by atoms with Crippen LogP contribution >= 0.6 is 11.5 Å². The minimum absolute atomic E-state index is 0.0801. The molecule has 6 heteroatoms. The van der Waals surface area contributed by atoms with Crippen LogP contribution in [-0.4, -0.2) is 33.2 Å². The van der Waals surface area contributed by atoms with Crippen molar-refractivity contribution in [2.75, 3.05) is 6.61 Å². The summed E-state index contributed by atoms with van der Waals surface area (Å²) in [5, 5.41) is 16.3. The van der Waals surface area contributed by atoms with E-state index in [9.17, 15) is 4.79 Å². The second-order valence-electron chi connectivity index (χ2n) is 2.35. The highest BCUT2D eigenvalue weighted by molar-refractivity contribution is 7.03. The Hall–Kier alpha value is -1.01. The van der Waals surface area contributed by atoms with Crippen LogP contribution in [0.3, 0.4) is 0 Å². The molecular formula is C6H9N3O2S. The van der Waals surface area contributed by atoms with Crippen LogP contribution in [0.5, 0.6) is 0 Å². The first-order chi connectivity index (χ1) is 5.74. The molecule has 2 N–H and O–H groups in total. The fourth-order valence-corrected chi connectivity index (χ4v) is 1.04. The monoisotopic (exact) mass is 187 g/mol. The zero-order valence-corrected chi connectivity index (χ0v) is 7.34. The van der Waals surface area contributed by atoms with Crippen molar-refractivity contribution >= 4 is 17.4 Å². The number of amides is 1. The van der Waals surface area contributed by atoms with Gasteiger partial charge in [0.05, 0.1) is 6.61 Å². The van der Waals surface area contributed by atoms with Crippen molar-refractivity contribution in [2.45, 2.75) is 13.0 Å². The molecule has 66 valence electrons. The summed E-state index contributed by atoms with van der Waals surface area (Å²) in [4.78, 5) is 11.2. The third-order valence-electron chi connectivity index (χ3n) is 1.24. The van der Waals surface area contributed by atoms with Crippen LogP contribution in [0.15, 0.2) is 5.38 Å². The molecule has 0 aromatic carbocycles. The van der Waals surface area contributed by atoms with E-state index in [2.05, 4.69) is 14.9 Å². The Morgan fingerprint density at radius 2 is 2.67 bits per heavy atom. The topological polar surface area (TPSA) is 75.1 Å². The SMILES string of the molecule is C[C@@H](CO)NC(=O)c1csnn1. The van der Waals surface area contributed by atoms with E-state index < -0.39 is 0 Å². The Balaban J connectivity index is 2.50. The number of aromatic nitrogens is 2. The molecule has 0 saturated heterocycles. The lowest BCUT2D eigenvalue weighted by Gasteiger charge is -2.07. The molecule has 0 aliphatic heterocycles. The summed E-state index contributed by atoms with van der Waals surface area (Å²) in [5.74, 6) is -0.301. The quantitative estimate of drug-likeness (QED) is 0.678. The van der Waals surface area contributed by atoms with Gasteiger partial charge in [0.15, 0.2) is 5.69 Å². The smallest absolute Gasteiger partial charge is 0.273 e. The first kappa shape index (κ1) is 9.08. The number of hydrogen-bond acceptors (Lipinski definition) is 5. The third-order valence-corrected chi connectivity index (χ3v) is 1.75. The van der Waals surface area contributed by atoms with E-state index in [-0.39, 0.29) is 18.6 Å². The Morgan fingerprint density at radius 1 is 1.92 bits per heavy atom. The van der Waals surface area contributed by atoms with Crippen molar-refractivity contribution in [3.05, 3.63) is 11.1 Å². The first-order valence-electron chi connectivity index (χ1n) is 3.43. The van der Waals surface area contributed by atoms with Crippen molar-refractivity contribution in [2.24, 2.45) is 0 Å². The predicted octanol–water partition coefficient (Wildman–Crippen LogP) is -0.351. The van der Waals surface area contributed by atoms with Gasteiger partial charge >= 0.3 is 0 Å². The molecule has 0 unspecified atom stereocenters. The van der Waals surface area contributed by atoms with Crippen LogP contribution < -0.4 is 5.32 Å². The van der Waals surface area contributed by atoms with E-state index in [1.807, 2.05) is 0 Å². The van der Waals surface area contributed by atoms with Crippen LogP contribution in [0.25, 0.3) is 0 Å². The molecule has 1 amide bonds. The molecule has 1 atom stereocenters. The zero-order valence-electron chi connectivity index (χ0n) is 6.52. The molecule has 0 radical (unpaired) electrons. The van der Waals surface area contributed by atoms with E-state index in [0.29, 0.717) is 5.69 Å². The van der Waals surface area contributed by atoms with Crippen molar-refractivity contribution in [3.63, 3.8) is 0 Å². The molecular weight excluding hydrogens is 178 g/mol. The van der Waals surface area contributed by atoms with Crippen LogP contribution in [0.1, 0.15) is 17.4 Å². The molecule has 1 heterocycles. The average Bonchev–Trinajstić information content (AvgIpc) is 2.56. The second-order valence-corrected chi connectivity index (χ2v) is 2.96. The highest BCUT2D eigenvalue weighted by Crippen LogP contribution is 1.96. The van der Waals surface area contributed by atoms with Gasteiger partial charge in [-0.1, -0.05) is 4.49 Å². The van der Waals surface area contributed by atoms with Gasteiger partial charge < -0.3 is 10.4 Å². The van der Waals surface area contributed by atoms with Gasteiger partial charge in [0.1, 0.15) is 0 Å². The molecule has 0 bridgehead atoms. The molecule has 5 nitrogen and oxygen atoms in total. The number of aliphatic hydroxyl groups excluding tert-OH is 1. The fourth-order valence-electron chi connectivity index (χ4n) is 0.607. The highest BCUT2D eigenvalue weighted by Gasteiger charge is 2.10. The Labute approximate surface area is 73.6 Å². The molecule has 0 aliphatic carbocycles. The highest BCUT2D eigenvalue weighted by atomic mass is 32.1. The molecule has 1 aromatic heterocycles. The van der Waals surface area contributed by atoms with E-state index in [1.165, 1.54) is 0 Å². The van der Waals surface area contributed by atoms with E-state index in [1.54, 1.807) is 12.3 Å². The van der Waals surface area contributed by atoms with Gasteiger partial charge in [-0.2, -0.15) is 0 Å². The van der Waals surface area contributed by atoms with Crippen molar-refractivity contribution in [3.8, 4) is 0 Å². The third kappa shape index (κ3) is 2.24. The van der Waals surface area contributed by atoms with E-state index >= 15 is 0 Å². The van der Waals surface area contributed by atoms with E-state index in [4.69, 9.17) is 5.11 Å². The number of rotatable bonds is 3. The summed E-state index contributed by atoms with van der Waals surface area (Å²) in [6.07, 6.45) is 0. The number of carbonyl (C=O) groups is 1. The van der Waals surface area contributed by atoms with Crippen LogP contribution in [-0.2, 0) is 0 Å². The number of nitrogens with zero attached hydrogens (tertiary/aromatic N) is 2. The summed E-state index contributed by atoms with van der Waals surface area (Å²) < 4.78 is 3.54. The van der Waals surface area contributed by atoms with Gasteiger partial charge in [-0.25, -0.2) is 0 Å². The maximum atomic E-state index is 11.2. The maximum Gasteiger partial charge on any atom is 0.273 e. The van der Waals surface area contributed by atoms with Gasteiger partial charge in [0, 0.05) is 11.4 Å². The summed E-state index contributed by atoms with van der Waals surface area (Å²) in [7, 11) is 0. The number of nitrogens with one attached hydrogen (secondary N) is 1. The van der Waals surface area contributed by atoms with Crippen LogP contribution in [0, 0.1) is 0 Å². The average molecular weight is 187 g/mol. The lowest BCUT2D eigenvalue weighted by Crippen LogP contribution is -2.35. The predicted molar refractivity (Wildman–Crippen MR) is 43.9 cm³/mol. The zero-order chi connectivity index (χ0) is 8.97. The normalized spacial score (nSPS) is 12.5. The standard InChI is InChI=1S/C6H9N3O2S/c1-4(2-10)7-6(11)5-3-12-9-8-5/h3-4,10H,2H2,1H3,(H,7,11)/t4-/m0/s1. The molecule has 0 aliphatic rings. The Morgan fingerprint density at radius 3 is 3.17 bits per heavy atom. The van der Waals surface area contributed by atoms with Crippen molar-refractivity contribution in [1.82, 2.24) is 14.9 Å². The maximum absolute atomic E-state index is 11.2. The van der Waals surface area contributed by atoms with E-state index in [0.717, 1.165) is 11.5 Å². The van der Waals surface area contributed by atoms with Gasteiger partial charge in [0.2, 0.25) is 0 Å². The first-order valence-corrected chi connectivity index (χ1v) is 4.26. The lowest BCUT2D eigenvalue weighted by molar-refractivity contribution is 0.0917. The number of aliphatic hydroxyl groups is 1. The number of hydrogen-bond donors (Lipinski definition) is 2. The van der Waals surface area contributed by atoms with Crippen LogP contribution in [0.4, 0.5) is 0 Å². The summed E-state index contributed by atoms with van der Waals surface area (Å²) in [6, 6.07) is -0.251. The summed E-state index contributed by atoms with van der Waals surface area (Å²) in [6.45, 7) is 1.63. The molecule has 1 rings (SSSR count). The minimum Gasteiger partial charge on any atom is -0.394 e. The minimum atomic E-state index is -0.301. The molecule has 0 saturated carbocycles. The fraction of sp³-hybridized carbons (Fsp3) is 0.500. The van der Waals surface area contributed by atoms with Gasteiger partial charge in [-0.15, -0.1) is 5.10 Å². The molecule has 12 heavy (non-hydrogen) atoms. The van der Waals surface area contributed by atoms with Crippen molar-refractivity contribution in [1.29, 1.82) is 0 Å². The Bertz CT molecular complexity index is 249. The van der Waals surface area contributed by atoms with Crippen molar-refractivity contribution < 1.29 is 9.90 Å². The molecule has 0 spiro atoms. The lowest BCUT2D eigenvalue weighted by atomic mass is 10.3. The van der Waals surface area contributed by atoms with Gasteiger partial charge in [-0.3, -0.25) is 4.79 Å². The summed E-state index contributed by atoms with van der Waals surface area (Å²) >= 11 is 1.12. The molecule has 1 aromatic rings. The Kier molecular flexibility index (Phi) is 3.12. The number of carbonyl (C=O) groups excluding carboxylic acids is 1. The van der Waals surface area contributed by atoms with Gasteiger partial charge in [0.25, 0.3) is 5.91 Å². The largest absolute Gasteiger partial charge is 0.394 e. The van der Waals surface area contributed by atoms with Crippen LogP contribution in [0.2, 0.25) is 0 Å². The summed E-state index contributed by atoms with van der Waals surface area (Å²) in [5.41, 5.74) is 0.292. The van der Waals surface area contributed by atoms with Gasteiger partial charge in [-0.05, 0) is 18.5 Å².